The van der Waals surface area contributed by atoms with Gasteiger partial charge in [0, 0.05) is 0 Å². The molecule has 11 heavy (non-hydrogen) atoms. The van der Waals surface area contributed by atoms with Crippen LogP contribution in [0.25, 0.3) is 0 Å². The van der Waals surface area contributed by atoms with E-state index in [2.05, 4.69) is 6.42 Å². The molecule has 1 rings (SSSR count). The van der Waals surface area contributed by atoms with Crippen LogP contribution >= 0.6 is 19.4 Å². The van der Waals surface area contributed by atoms with Gasteiger partial charge in [-0.1, -0.05) is 12.8 Å². The molecule has 0 aromatic rings. The third-order valence-corrected chi connectivity index (χ3v) is 3.81. The van der Waals surface area contributed by atoms with E-state index in [1.165, 1.54) is 25.7 Å². The molecule has 1 saturated carbocycles. The Morgan fingerprint density at radius 2 is 1.64 bits per heavy atom. The van der Waals surface area contributed by atoms with E-state index in [0.717, 1.165) is 0 Å². The van der Waals surface area contributed by atoms with E-state index in [4.69, 9.17) is 19.4 Å². The Balaban J connectivity index is 0. The average molecular weight is 284 g/mol. The van der Waals surface area contributed by atoms with E-state index in [-0.39, 0.29) is 7.43 Å². The summed E-state index contributed by atoms with van der Waals surface area (Å²) in [6.07, 6.45) is 8.00. The maximum Gasteiger partial charge on any atom is -0.0829 e. The Kier molecular flexibility index (Phi) is 14.7. The predicted octanol–water partition coefficient (Wildman–Crippen LogP) is 3.95. The number of hydrogen-bond acceptors (Lipinski definition) is 0. The largest absolute Gasteiger partial charge is 0.358 e. The van der Waals surface area contributed by atoms with E-state index in [9.17, 15) is 0 Å². The molecule has 0 bridgehead atoms. The van der Waals surface area contributed by atoms with Crippen molar-refractivity contribution in [3.05, 3.63) is 13.8 Å². The van der Waals surface area contributed by atoms with Gasteiger partial charge in [-0.15, -0.1) is 0 Å². The monoisotopic (exact) mass is 284 g/mol. The van der Waals surface area contributed by atoms with Crippen molar-refractivity contribution in [2.24, 2.45) is 0 Å². The minimum absolute atomic E-state index is 0. The van der Waals surface area contributed by atoms with Gasteiger partial charge in [0.2, 0.25) is 0 Å². The molecule has 0 saturated heterocycles. The maximum atomic E-state index is 5.32. The molecule has 1 aliphatic carbocycles. The molecule has 0 aromatic heterocycles. The first-order valence-electron chi connectivity index (χ1n) is 3.37. The molecule has 0 nitrogen and oxygen atoms in total. The van der Waals surface area contributed by atoms with Crippen molar-refractivity contribution in [2.75, 3.05) is 0 Å². The summed E-state index contributed by atoms with van der Waals surface area (Å²) >= 11 is -1.36. The smallest absolute Gasteiger partial charge is 0.0829 e. The molecular weight excluding hydrogens is 268 g/mol. The summed E-state index contributed by atoms with van der Waals surface area (Å²) in [7, 11) is 10.6. The molecule has 72 valence electrons. The van der Waals surface area contributed by atoms with E-state index < -0.39 is 13.5 Å². The fourth-order valence-corrected chi connectivity index (χ4v) is 0.722. The van der Waals surface area contributed by atoms with Gasteiger partial charge in [0.25, 0.3) is 0 Å². The summed E-state index contributed by atoms with van der Waals surface area (Å²) in [5.41, 5.74) is 0. The van der Waals surface area contributed by atoms with E-state index in [1.54, 1.807) is 0 Å². The third kappa shape index (κ3) is 14.0. The van der Waals surface area contributed by atoms with Crippen LogP contribution in [0.3, 0.4) is 0 Å². The first kappa shape index (κ1) is 14.6. The summed E-state index contributed by atoms with van der Waals surface area (Å²) in [5, 5.41) is 0. The van der Waals surface area contributed by atoms with Crippen LogP contribution in [0.5, 0.6) is 0 Å². The van der Waals surface area contributed by atoms with Gasteiger partial charge >= 0.3 is 44.4 Å². The van der Waals surface area contributed by atoms with Gasteiger partial charge in [0.1, 0.15) is 0 Å². The van der Waals surface area contributed by atoms with Crippen molar-refractivity contribution in [2.45, 2.75) is 32.6 Å². The van der Waals surface area contributed by atoms with Gasteiger partial charge in [0.05, 0.1) is 0 Å². The van der Waals surface area contributed by atoms with E-state index in [1.807, 2.05) is 11.5 Å². The number of rotatable bonds is 0. The molecule has 0 radical (unpaired) electrons. The number of hydrogen-bond donors (Lipinski definition) is 0. The second-order valence-electron chi connectivity index (χ2n) is 1.98. The van der Waals surface area contributed by atoms with Gasteiger partial charge in [0.15, 0.2) is 0 Å². The van der Waals surface area contributed by atoms with Crippen molar-refractivity contribution < 1.29 is 13.5 Å². The predicted molar refractivity (Wildman–Crippen MR) is 52.6 cm³/mol. The van der Waals surface area contributed by atoms with Crippen LogP contribution in [-0.2, 0) is 13.5 Å². The summed E-state index contributed by atoms with van der Waals surface area (Å²) in [4.78, 5) is 0. The summed E-state index contributed by atoms with van der Waals surface area (Å²) < 4.78 is 1.84. The molecule has 0 aromatic carbocycles. The Labute approximate surface area is 83.8 Å². The Bertz CT molecular complexity index is 86.7. The molecule has 0 aliphatic heterocycles. The zero-order chi connectivity index (χ0) is 7.82. The zero-order valence-corrected chi connectivity index (χ0v) is 10.3. The van der Waals surface area contributed by atoms with Crippen molar-refractivity contribution in [3.63, 3.8) is 0 Å². The zero-order valence-electron chi connectivity index (χ0n) is 7.09. The van der Waals surface area contributed by atoms with Crippen LogP contribution in [0, 0.1) is 13.8 Å². The number of halogens is 2. The standard InChI is InChI=1S/C5H9.C2H4.CH3.2ClH.Ru/c1-2-4-5-3-1;1-2;;;;/h1H,2-5H2;1H,2H3;1H3;2*1H;/q-1;;-1;;;+2/p-2. The second-order valence-corrected chi connectivity index (χ2v) is 8.21. The van der Waals surface area contributed by atoms with Crippen molar-refractivity contribution in [1.82, 2.24) is 0 Å². The minimum Gasteiger partial charge on any atom is -0.358 e. The van der Waals surface area contributed by atoms with Crippen LogP contribution in [-0.4, -0.2) is 4.61 Å². The maximum absolute atomic E-state index is 5.32. The molecule has 0 unspecified atom stereocenters. The van der Waals surface area contributed by atoms with Gasteiger partial charge < -0.3 is 13.8 Å². The van der Waals surface area contributed by atoms with Crippen LogP contribution in [0.4, 0.5) is 0 Å². The summed E-state index contributed by atoms with van der Waals surface area (Å²) in [5.74, 6) is 0. The molecule has 0 amide bonds. The fourth-order valence-electron chi connectivity index (χ4n) is 0.722. The molecular formula is C8H16Cl2Ru-2. The van der Waals surface area contributed by atoms with E-state index >= 15 is 0 Å². The summed E-state index contributed by atoms with van der Waals surface area (Å²) in [6.45, 7) is 1.87. The molecule has 0 N–H and O–H groups in total. The van der Waals surface area contributed by atoms with Gasteiger partial charge in [-0.3, -0.25) is 0 Å². The van der Waals surface area contributed by atoms with Gasteiger partial charge in [-0.2, -0.15) is 12.8 Å². The topological polar surface area (TPSA) is 0 Å². The first-order valence-corrected chi connectivity index (χ1v) is 8.84. The fraction of sp³-hybridized carbons (Fsp3) is 0.625. The Morgan fingerprint density at radius 3 is 1.73 bits per heavy atom. The first-order chi connectivity index (χ1) is 4.77. The second kappa shape index (κ2) is 11.1. The van der Waals surface area contributed by atoms with Crippen LogP contribution in [0.1, 0.15) is 32.6 Å². The third-order valence-electron chi connectivity index (χ3n) is 1.22. The Hall–Kier alpha value is 1.07. The molecule has 0 spiro atoms. The van der Waals surface area contributed by atoms with Gasteiger partial charge in [-0.05, 0) is 0 Å². The molecule has 3 heteroatoms. The van der Waals surface area contributed by atoms with Crippen LogP contribution < -0.4 is 0 Å². The summed E-state index contributed by atoms with van der Waals surface area (Å²) in [6, 6.07) is 0. The molecule has 0 atom stereocenters. The molecule has 1 fully saturated rings. The minimum atomic E-state index is -1.36. The Morgan fingerprint density at radius 1 is 1.27 bits per heavy atom. The SMILES string of the molecule is C[CH]=[Ru]([Cl])[Cl].[CH-]1CCCC1.[CH3-]. The van der Waals surface area contributed by atoms with E-state index in [0.29, 0.717) is 0 Å². The van der Waals surface area contributed by atoms with Gasteiger partial charge in [-0.25, -0.2) is 0 Å². The van der Waals surface area contributed by atoms with Crippen LogP contribution in [0.15, 0.2) is 0 Å². The van der Waals surface area contributed by atoms with Crippen LogP contribution in [0.2, 0.25) is 0 Å². The van der Waals surface area contributed by atoms with Crippen molar-refractivity contribution in [1.29, 1.82) is 0 Å². The normalized spacial score (nSPS) is 15.7. The molecule has 1 aliphatic rings. The average Bonchev–Trinajstić information content (AvgIpc) is 2.43. The quantitative estimate of drug-likeness (QED) is 0.467. The molecule has 0 heterocycles. The van der Waals surface area contributed by atoms with Crippen molar-refractivity contribution in [3.8, 4) is 0 Å². The van der Waals surface area contributed by atoms with Crippen molar-refractivity contribution >= 4 is 24.0 Å².